The van der Waals surface area contributed by atoms with Gasteiger partial charge < -0.3 is 10.1 Å². The highest BCUT2D eigenvalue weighted by Crippen LogP contribution is 2.29. The van der Waals surface area contributed by atoms with E-state index in [1.165, 1.54) is 11.3 Å². The third-order valence-electron chi connectivity index (χ3n) is 2.29. The minimum atomic E-state index is -0.391. The first kappa shape index (κ1) is 15.7. The zero-order valence-corrected chi connectivity index (χ0v) is 12.9. The Morgan fingerprint density at radius 3 is 2.53 bits per heavy atom. The average molecular weight is 283 g/mol. The largest absolute Gasteiger partial charge is 0.462 e. The molecule has 106 valence electrons. The molecule has 0 saturated heterocycles. The van der Waals surface area contributed by atoms with Crippen molar-refractivity contribution in [1.29, 1.82) is 0 Å². The smallest absolute Gasteiger partial charge is 0.341 e. The summed E-state index contributed by atoms with van der Waals surface area (Å²) in [5.74, 6) is -0.474. The van der Waals surface area contributed by atoms with Gasteiger partial charge in [0.15, 0.2) is 0 Å². The Morgan fingerprint density at radius 1 is 1.37 bits per heavy atom. The molecule has 1 N–H and O–H groups in total. The monoisotopic (exact) mass is 283 g/mol. The molecule has 4 nitrogen and oxygen atoms in total. The molecule has 0 aliphatic heterocycles. The number of carbonyl (C=O) groups is 2. The first-order chi connectivity index (χ1) is 8.73. The van der Waals surface area contributed by atoms with E-state index in [0.29, 0.717) is 23.6 Å². The summed E-state index contributed by atoms with van der Waals surface area (Å²) in [4.78, 5) is 24.7. The van der Waals surface area contributed by atoms with E-state index in [0.717, 1.165) is 4.88 Å². The van der Waals surface area contributed by atoms with Crippen LogP contribution in [0.1, 0.15) is 49.4 Å². The van der Waals surface area contributed by atoms with Crippen LogP contribution in [-0.2, 0) is 9.53 Å². The van der Waals surface area contributed by atoms with E-state index in [4.69, 9.17) is 4.74 Å². The van der Waals surface area contributed by atoms with Crippen LogP contribution >= 0.6 is 11.3 Å². The van der Waals surface area contributed by atoms with Gasteiger partial charge in [-0.3, -0.25) is 4.79 Å². The molecule has 0 aliphatic carbocycles. The molecule has 1 amide bonds. The van der Waals surface area contributed by atoms with Crippen molar-refractivity contribution in [2.45, 2.75) is 41.0 Å². The number of amides is 1. The van der Waals surface area contributed by atoms with Crippen LogP contribution in [0.2, 0.25) is 0 Å². The number of aryl methyl sites for hydroxylation is 1. The van der Waals surface area contributed by atoms with Gasteiger partial charge in [0.2, 0.25) is 5.91 Å². The number of nitrogens with one attached hydrogen (secondary N) is 1. The van der Waals surface area contributed by atoms with Crippen molar-refractivity contribution >= 4 is 28.2 Å². The quantitative estimate of drug-likeness (QED) is 0.859. The molecule has 1 aromatic rings. The lowest BCUT2D eigenvalue weighted by molar-refractivity contribution is -0.117. The van der Waals surface area contributed by atoms with Crippen molar-refractivity contribution in [3.63, 3.8) is 0 Å². The summed E-state index contributed by atoms with van der Waals surface area (Å²) in [6.45, 7) is 9.97. The normalized spacial score (nSPS) is 11.2. The molecule has 0 fully saturated rings. The fourth-order valence-corrected chi connectivity index (χ4v) is 2.54. The summed E-state index contributed by atoms with van der Waals surface area (Å²) in [5.41, 5.74) is 0.354. The number of hydrogen-bond acceptors (Lipinski definition) is 4. The molecular formula is C14H21NO3S. The van der Waals surface area contributed by atoms with Crippen molar-refractivity contribution < 1.29 is 14.3 Å². The Kier molecular flexibility index (Phi) is 5.11. The third-order valence-corrected chi connectivity index (χ3v) is 3.26. The zero-order valence-electron chi connectivity index (χ0n) is 12.1. The first-order valence-electron chi connectivity index (χ1n) is 6.30. The van der Waals surface area contributed by atoms with Crippen molar-refractivity contribution in [2.75, 3.05) is 11.9 Å². The van der Waals surface area contributed by atoms with Crippen LogP contribution in [0.3, 0.4) is 0 Å². The molecule has 0 aliphatic rings. The molecule has 0 spiro atoms. The predicted octanol–water partition coefficient (Wildman–Crippen LogP) is 3.61. The molecule has 0 unspecified atom stereocenters. The zero-order chi connectivity index (χ0) is 14.6. The Morgan fingerprint density at radius 2 is 2.00 bits per heavy atom. The molecule has 0 bridgehead atoms. The van der Waals surface area contributed by atoms with Crippen molar-refractivity contribution in [3.8, 4) is 0 Å². The van der Waals surface area contributed by atoms with Gasteiger partial charge in [0.05, 0.1) is 12.2 Å². The molecule has 5 heteroatoms. The molecule has 1 aromatic heterocycles. The molecule has 0 atom stereocenters. The second-order valence-corrected chi connectivity index (χ2v) is 6.86. The number of esters is 1. The lowest BCUT2D eigenvalue weighted by Crippen LogP contribution is -2.20. The number of anilines is 1. The topological polar surface area (TPSA) is 55.4 Å². The molecular weight excluding hydrogens is 262 g/mol. The summed E-state index contributed by atoms with van der Waals surface area (Å²) in [6.07, 6.45) is 0.409. The lowest BCUT2D eigenvalue weighted by atomic mass is 9.92. The summed E-state index contributed by atoms with van der Waals surface area (Å²) >= 11 is 1.39. The van der Waals surface area contributed by atoms with E-state index in [2.05, 4.69) is 5.32 Å². The van der Waals surface area contributed by atoms with Crippen LogP contribution in [0.15, 0.2) is 6.07 Å². The average Bonchev–Trinajstić information content (AvgIpc) is 2.56. The highest BCUT2D eigenvalue weighted by Gasteiger charge is 2.20. The standard InChI is InChI=1S/C14H21NO3S/c1-6-18-13(17)10-7-9(2)19-12(10)15-11(16)8-14(3,4)5/h7H,6,8H2,1-5H3,(H,15,16). The van der Waals surface area contributed by atoms with Gasteiger partial charge in [0.25, 0.3) is 0 Å². The van der Waals surface area contributed by atoms with Crippen molar-refractivity contribution in [3.05, 3.63) is 16.5 Å². The van der Waals surface area contributed by atoms with Crippen LogP contribution in [0.5, 0.6) is 0 Å². The Bertz CT molecular complexity index is 472. The van der Waals surface area contributed by atoms with Crippen LogP contribution < -0.4 is 5.32 Å². The molecule has 19 heavy (non-hydrogen) atoms. The van der Waals surface area contributed by atoms with Gasteiger partial charge in [-0.2, -0.15) is 0 Å². The van der Waals surface area contributed by atoms with E-state index < -0.39 is 5.97 Å². The Hall–Kier alpha value is -1.36. The SMILES string of the molecule is CCOC(=O)c1cc(C)sc1NC(=O)CC(C)(C)C. The maximum Gasteiger partial charge on any atom is 0.341 e. The Balaban J connectivity index is 2.83. The maximum atomic E-state index is 11.9. The molecule has 0 saturated carbocycles. The third kappa shape index (κ3) is 5.03. The molecule has 0 aromatic carbocycles. The van der Waals surface area contributed by atoms with Crippen molar-refractivity contribution in [2.24, 2.45) is 5.41 Å². The first-order valence-corrected chi connectivity index (χ1v) is 7.12. The molecule has 1 rings (SSSR count). The number of carbonyl (C=O) groups excluding carboxylic acids is 2. The van der Waals surface area contributed by atoms with Gasteiger partial charge in [0, 0.05) is 11.3 Å². The fourth-order valence-electron chi connectivity index (χ4n) is 1.62. The number of thiophene rings is 1. The van der Waals surface area contributed by atoms with Crippen LogP contribution in [0, 0.1) is 12.3 Å². The van der Waals surface area contributed by atoms with E-state index in [1.807, 2.05) is 27.7 Å². The van der Waals surface area contributed by atoms with Gasteiger partial charge in [0.1, 0.15) is 5.00 Å². The van der Waals surface area contributed by atoms with Gasteiger partial charge in [-0.25, -0.2) is 4.79 Å². The van der Waals surface area contributed by atoms with Gasteiger partial charge in [-0.05, 0) is 25.3 Å². The number of hydrogen-bond donors (Lipinski definition) is 1. The molecule has 1 heterocycles. The maximum absolute atomic E-state index is 11.9. The molecule has 0 radical (unpaired) electrons. The Labute approximate surface area is 118 Å². The van der Waals surface area contributed by atoms with E-state index in [1.54, 1.807) is 13.0 Å². The van der Waals surface area contributed by atoms with E-state index in [9.17, 15) is 9.59 Å². The van der Waals surface area contributed by atoms with Crippen LogP contribution in [0.4, 0.5) is 5.00 Å². The summed E-state index contributed by atoms with van der Waals surface area (Å²) in [5, 5.41) is 3.38. The summed E-state index contributed by atoms with van der Waals surface area (Å²) in [7, 11) is 0. The highest BCUT2D eigenvalue weighted by atomic mass is 32.1. The fraction of sp³-hybridized carbons (Fsp3) is 0.571. The number of ether oxygens (including phenoxy) is 1. The highest BCUT2D eigenvalue weighted by molar-refractivity contribution is 7.16. The summed E-state index contributed by atoms with van der Waals surface area (Å²) in [6, 6.07) is 1.75. The number of rotatable bonds is 4. The second-order valence-electron chi connectivity index (χ2n) is 5.61. The lowest BCUT2D eigenvalue weighted by Gasteiger charge is -2.17. The van der Waals surface area contributed by atoms with E-state index in [-0.39, 0.29) is 11.3 Å². The minimum absolute atomic E-state index is 0.0829. The van der Waals surface area contributed by atoms with Gasteiger partial charge in [-0.1, -0.05) is 20.8 Å². The van der Waals surface area contributed by atoms with Gasteiger partial charge >= 0.3 is 5.97 Å². The summed E-state index contributed by atoms with van der Waals surface area (Å²) < 4.78 is 4.98. The van der Waals surface area contributed by atoms with Crippen LogP contribution in [-0.4, -0.2) is 18.5 Å². The second kappa shape index (κ2) is 6.19. The predicted molar refractivity (Wildman–Crippen MR) is 77.7 cm³/mol. The van der Waals surface area contributed by atoms with Crippen molar-refractivity contribution in [1.82, 2.24) is 0 Å². The van der Waals surface area contributed by atoms with E-state index >= 15 is 0 Å². The van der Waals surface area contributed by atoms with Crippen LogP contribution in [0.25, 0.3) is 0 Å². The van der Waals surface area contributed by atoms with Gasteiger partial charge in [-0.15, -0.1) is 11.3 Å². The minimum Gasteiger partial charge on any atom is -0.462 e.